The second-order valence-electron chi connectivity index (χ2n) is 4.92. The van der Waals surface area contributed by atoms with Crippen LogP contribution in [0.5, 0.6) is 0 Å². The van der Waals surface area contributed by atoms with Crippen LogP contribution in [-0.4, -0.2) is 30.8 Å². The molecule has 6 nitrogen and oxygen atoms in total. The molecule has 0 saturated carbocycles. The summed E-state index contributed by atoms with van der Waals surface area (Å²) in [5.74, 6) is -1.71. The third-order valence-electron chi connectivity index (χ3n) is 3.18. The minimum Gasteiger partial charge on any atom is -0.312 e. The Morgan fingerprint density at radius 1 is 1.42 bits per heavy atom. The largest absolute Gasteiger partial charge is 0.417 e. The molecule has 0 bridgehead atoms. The Kier molecular flexibility index (Phi) is 5.23. The number of carbonyl (C=O) groups excluding carboxylic acids is 1. The van der Waals surface area contributed by atoms with Crippen LogP contribution in [0.2, 0.25) is 0 Å². The Morgan fingerprint density at radius 3 is 2.58 bits per heavy atom. The molecule has 0 aromatic carbocycles. The fraction of sp³-hybridized carbons (Fsp3) is 0.357. The molecule has 24 heavy (non-hydrogen) atoms. The Balaban J connectivity index is 2.17. The maximum absolute atomic E-state index is 12.5. The molecule has 2 rings (SSSR count). The van der Waals surface area contributed by atoms with Gasteiger partial charge in [0.05, 0.1) is 22.6 Å². The number of ketones is 1. The van der Waals surface area contributed by atoms with Gasteiger partial charge in [0.15, 0.2) is 10.9 Å². The van der Waals surface area contributed by atoms with Crippen LogP contribution in [0.3, 0.4) is 0 Å². The second kappa shape index (κ2) is 7.00. The van der Waals surface area contributed by atoms with E-state index in [1.807, 2.05) is 0 Å². The van der Waals surface area contributed by atoms with Crippen molar-refractivity contribution in [2.45, 2.75) is 29.4 Å². The molecule has 0 N–H and O–H groups in total. The number of rotatable bonds is 5. The molecule has 2 unspecified atom stereocenters. The predicted octanol–water partition coefficient (Wildman–Crippen LogP) is 2.59. The Hall–Kier alpha value is -2.41. The van der Waals surface area contributed by atoms with E-state index in [2.05, 4.69) is 15.2 Å². The van der Waals surface area contributed by atoms with Crippen molar-refractivity contribution in [3.8, 4) is 6.07 Å². The summed E-state index contributed by atoms with van der Waals surface area (Å²) in [6.07, 6.45) is -2.43. The highest BCUT2D eigenvalue weighted by molar-refractivity contribution is 8.00. The summed E-state index contributed by atoms with van der Waals surface area (Å²) in [5.41, 5.74) is -0.946. The van der Waals surface area contributed by atoms with E-state index >= 15 is 0 Å². The maximum atomic E-state index is 12.5. The molecule has 2 aromatic rings. The number of nitrogens with zero attached hydrogens (tertiary/aromatic N) is 5. The van der Waals surface area contributed by atoms with Gasteiger partial charge in [-0.15, -0.1) is 10.2 Å². The molecule has 0 saturated heterocycles. The first kappa shape index (κ1) is 17.9. The molecule has 0 spiro atoms. The van der Waals surface area contributed by atoms with Gasteiger partial charge in [0, 0.05) is 13.2 Å². The van der Waals surface area contributed by atoms with Gasteiger partial charge in [-0.25, -0.2) is 0 Å². The fourth-order valence-corrected chi connectivity index (χ4v) is 2.73. The number of aromatic nitrogens is 4. The third kappa shape index (κ3) is 3.91. The van der Waals surface area contributed by atoms with E-state index in [1.165, 1.54) is 6.33 Å². The van der Waals surface area contributed by atoms with E-state index in [0.29, 0.717) is 11.4 Å². The summed E-state index contributed by atoms with van der Waals surface area (Å²) in [4.78, 5) is 16.1. The van der Waals surface area contributed by atoms with Crippen LogP contribution in [0.25, 0.3) is 0 Å². The smallest absolute Gasteiger partial charge is 0.312 e. The molecule has 2 heterocycles. The van der Waals surface area contributed by atoms with Crippen molar-refractivity contribution in [1.29, 1.82) is 5.26 Å². The van der Waals surface area contributed by atoms with Gasteiger partial charge in [-0.3, -0.25) is 9.78 Å². The highest BCUT2D eigenvalue weighted by Gasteiger charge is 2.32. The lowest BCUT2D eigenvalue weighted by molar-refractivity contribution is -0.137. The number of thioether (sulfide) groups is 1. The van der Waals surface area contributed by atoms with E-state index in [-0.39, 0.29) is 5.69 Å². The van der Waals surface area contributed by atoms with Crippen molar-refractivity contribution in [2.24, 2.45) is 7.05 Å². The number of carbonyl (C=O) groups is 1. The lowest BCUT2D eigenvalue weighted by Crippen LogP contribution is -2.22. The zero-order valence-electron chi connectivity index (χ0n) is 12.7. The van der Waals surface area contributed by atoms with Crippen LogP contribution in [0.15, 0.2) is 29.8 Å². The SMILES string of the molecule is CC(Sc1nncn1C)C(=O)C(C#N)c1ccc(C(F)(F)F)cn1. The van der Waals surface area contributed by atoms with E-state index in [1.54, 1.807) is 24.6 Å². The maximum Gasteiger partial charge on any atom is 0.417 e. The molecule has 0 amide bonds. The summed E-state index contributed by atoms with van der Waals surface area (Å²) in [6, 6.07) is 3.66. The molecular formula is C14H12F3N5OS. The van der Waals surface area contributed by atoms with Crippen LogP contribution in [-0.2, 0) is 18.0 Å². The molecule has 0 aliphatic heterocycles. The molecule has 0 radical (unpaired) electrons. The number of pyridine rings is 1. The highest BCUT2D eigenvalue weighted by atomic mass is 32.2. The summed E-state index contributed by atoms with van der Waals surface area (Å²) in [7, 11) is 1.71. The number of aryl methyl sites for hydroxylation is 1. The Morgan fingerprint density at radius 2 is 2.12 bits per heavy atom. The van der Waals surface area contributed by atoms with Gasteiger partial charge in [-0.05, 0) is 19.1 Å². The zero-order valence-corrected chi connectivity index (χ0v) is 13.5. The summed E-state index contributed by atoms with van der Waals surface area (Å²) >= 11 is 1.11. The number of halogens is 3. The van der Waals surface area contributed by atoms with Gasteiger partial charge in [-0.2, -0.15) is 18.4 Å². The number of nitriles is 1. The minimum absolute atomic E-state index is 0.0130. The number of hydrogen-bond acceptors (Lipinski definition) is 6. The zero-order chi connectivity index (χ0) is 17.9. The second-order valence-corrected chi connectivity index (χ2v) is 6.23. The molecular weight excluding hydrogens is 343 g/mol. The van der Waals surface area contributed by atoms with E-state index < -0.39 is 28.7 Å². The Bertz CT molecular complexity index is 766. The fourth-order valence-electron chi connectivity index (χ4n) is 1.85. The van der Waals surface area contributed by atoms with Crippen LogP contribution in [0.4, 0.5) is 13.2 Å². The average molecular weight is 355 g/mol. The van der Waals surface area contributed by atoms with Crippen molar-refractivity contribution in [3.05, 3.63) is 35.9 Å². The summed E-state index contributed by atoms with van der Waals surface area (Å²) in [6.45, 7) is 1.59. The average Bonchev–Trinajstić information content (AvgIpc) is 2.92. The Labute approximate surface area is 139 Å². The standard InChI is InChI=1S/C14H12F3N5OS/c1-8(24-13-21-20-7-22(13)2)12(23)10(5-18)11-4-3-9(6-19-11)14(15,16)17/h3-4,6-8,10H,1-2H3. The molecule has 2 atom stereocenters. The first-order valence-electron chi connectivity index (χ1n) is 6.71. The lowest BCUT2D eigenvalue weighted by Gasteiger charge is -2.14. The first-order valence-corrected chi connectivity index (χ1v) is 7.59. The molecule has 0 fully saturated rings. The quantitative estimate of drug-likeness (QED) is 0.767. The van der Waals surface area contributed by atoms with Crippen LogP contribution < -0.4 is 0 Å². The van der Waals surface area contributed by atoms with Crippen molar-refractivity contribution < 1.29 is 18.0 Å². The van der Waals surface area contributed by atoms with E-state index in [9.17, 15) is 23.2 Å². The number of hydrogen-bond donors (Lipinski definition) is 0. The summed E-state index contributed by atoms with van der Waals surface area (Å²) < 4.78 is 39.3. The van der Waals surface area contributed by atoms with Crippen LogP contribution >= 0.6 is 11.8 Å². The molecule has 10 heteroatoms. The van der Waals surface area contributed by atoms with E-state index in [4.69, 9.17) is 0 Å². The molecule has 0 aliphatic carbocycles. The van der Waals surface area contributed by atoms with Gasteiger partial charge in [0.2, 0.25) is 0 Å². The van der Waals surface area contributed by atoms with Crippen molar-refractivity contribution >= 4 is 17.5 Å². The van der Waals surface area contributed by atoms with Gasteiger partial charge < -0.3 is 4.57 Å². The van der Waals surface area contributed by atoms with Gasteiger partial charge in [0.25, 0.3) is 0 Å². The normalized spacial score (nSPS) is 14.0. The van der Waals surface area contributed by atoms with Crippen LogP contribution in [0, 0.1) is 11.3 Å². The van der Waals surface area contributed by atoms with Crippen molar-refractivity contribution in [1.82, 2.24) is 19.7 Å². The lowest BCUT2D eigenvalue weighted by atomic mass is 9.99. The first-order chi connectivity index (χ1) is 11.2. The van der Waals surface area contributed by atoms with E-state index in [0.717, 1.165) is 23.9 Å². The monoisotopic (exact) mass is 355 g/mol. The van der Waals surface area contributed by atoms with Gasteiger partial charge >= 0.3 is 6.18 Å². The minimum atomic E-state index is -4.52. The van der Waals surface area contributed by atoms with Gasteiger partial charge in [0.1, 0.15) is 12.2 Å². The number of alkyl halides is 3. The summed E-state index contributed by atoms with van der Waals surface area (Å²) in [5, 5.41) is 16.6. The van der Waals surface area contributed by atoms with Gasteiger partial charge in [-0.1, -0.05) is 11.8 Å². The van der Waals surface area contributed by atoms with Crippen molar-refractivity contribution in [3.63, 3.8) is 0 Å². The number of Topliss-reactive ketones (excluding diaryl/α,β-unsaturated/α-hetero) is 1. The topological polar surface area (TPSA) is 84.5 Å². The molecule has 2 aromatic heterocycles. The molecule has 126 valence electrons. The highest BCUT2D eigenvalue weighted by Crippen LogP contribution is 2.30. The van der Waals surface area contributed by atoms with Crippen molar-refractivity contribution in [2.75, 3.05) is 0 Å². The predicted molar refractivity (Wildman–Crippen MR) is 78.9 cm³/mol. The molecule has 0 aliphatic rings. The third-order valence-corrected chi connectivity index (χ3v) is 4.34. The van der Waals surface area contributed by atoms with Crippen LogP contribution in [0.1, 0.15) is 24.1 Å².